The van der Waals surface area contributed by atoms with Gasteiger partial charge in [-0.25, -0.2) is 0 Å². The highest BCUT2D eigenvalue weighted by Gasteiger charge is 2.16. The van der Waals surface area contributed by atoms with Gasteiger partial charge >= 0.3 is 0 Å². The van der Waals surface area contributed by atoms with E-state index in [0.29, 0.717) is 17.8 Å². The Morgan fingerprint density at radius 2 is 1.94 bits per heavy atom. The van der Waals surface area contributed by atoms with Gasteiger partial charge in [0.2, 0.25) is 0 Å². The molecule has 0 spiro atoms. The van der Waals surface area contributed by atoms with Crippen molar-refractivity contribution in [2.24, 2.45) is 0 Å². The van der Waals surface area contributed by atoms with Crippen LogP contribution in [0.15, 0.2) is 24.3 Å². The summed E-state index contributed by atoms with van der Waals surface area (Å²) in [6.07, 6.45) is 0.839. The van der Waals surface area contributed by atoms with Crippen molar-refractivity contribution in [3.8, 4) is 0 Å². The van der Waals surface area contributed by atoms with E-state index >= 15 is 0 Å². The fourth-order valence-corrected chi connectivity index (χ4v) is 1.42. The molecule has 0 aliphatic carbocycles. The maximum absolute atomic E-state index is 11.8. The zero-order valence-corrected chi connectivity index (χ0v) is 11.4. The first-order chi connectivity index (χ1) is 8.56. The number of rotatable bonds is 5. The lowest BCUT2D eigenvalue weighted by molar-refractivity contribution is -0.114. The Balaban J connectivity index is 2.85. The average molecular weight is 289 g/mol. The van der Waals surface area contributed by atoms with E-state index < -0.39 is 10.7 Å². The highest BCUT2D eigenvalue weighted by Crippen LogP contribution is 2.16. The standard InChI is InChI=1S/C12H14Cl2N2O2/c1-2-7-15-11(17)8-5-3-4-6-9(8)16-12(18)10(13)14/h3-6,10H,2,7H2,1H3,(H,15,17)(H,16,18). The number of alkyl halides is 2. The normalized spacial score (nSPS) is 10.2. The lowest BCUT2D eigenvalue weighted by Crippen LogP contribution is -2.26. The molecule has 1 aromatic carbocycles. The van der Waals surface area contributed by atoms with Crippen molar-refractivity contribution in [2.45, 2.75) is 18.2 Å². The van der Waals surface area contributed by atoms with Gasteiger partial charge in [-0.05, 0) is 18.6 Å². The lowest BCUT2D eigenvalue weighted by Gasteiger charge is -2.11. The summed E-state index contributed by atoms with van der Waals surface area (Å²) in [5.41, 5.74) is 0.774. The van der Waals surface area contributed by atoms with Crippen LogP contribution >= 0.6 is 23.2 Å². The molecule has 0 heterocycles. The van der Waals surface area contributed by atoms with Gasteiger partial charge in [-0.2, -0.15) is 0 Å². The largest absolute Gasteiger partial charge is 0.352 e. The van der Waals surface area contributed by atoms with Gasteiger partial charge in [0.25, 0.3) is 11.8 Å². The van der Waals surface area contributed by atoms with Gasteiger partial charge in [0.05, 0.1) is 11.3 Å². The predicted molar refractivity (Wildman–Crippen MR) is 73.2 cm³/mol. The van der Waals surface area contributed by atoms with Crippen LogP contribution in [0.5, 0.6) is 0 Å². The number of nitrogens with one attached hydrogen (secondary N) is 2. The van der Waals surface area contributed by atoms with Crippen molar-refractivity contribution < 1.29 is 9.59 Å². The molecule has 0 bridgehead atoms. The Hall–Kier alpha value is -1.26. The zero-order valence-electron chi connectivity index (χ0n) is 9.87. The number of amides is 2. The van der Waals surface area contributed by atoms with Crippen molar-refractivity contribution >= 4 is 40.7 Å². The first-order valence-corrected chi connectivity index (χ1v) is 6.39. The van der Waals surface area contributed by atoms with Crippen LogP contribution in [0.25, 0.3) is 0 Å². The van der Waals surface area contributed by atoms with Crippen LogP contribution in [0, 0.1) is 0 Å². The van der Waals surface area contributed by atoms with E-state index in [1.165, 1.54) is 0 Å². The number of hydrogen-bond donors (Lipinski definition) is 2. The topological polar surface area (TPSA) is 58.2 Å². The molecule has 0 fully saturated rings. The van der Waals surface area contributed by atoms with Crippen LogP contribution in [0.4, 0.5) is 5.69 Å². The molecule has 0 unspecified atom stereocenters. The highest BCUT2D eigenvalue weighted by molar-refractivity contribution is 6.54. The molecule has 6 heteroatoms. The Labute approximate surface area is 116 Å². The number of para-hydroxylation sites is 1. The van der Waals surface area contributed by atoms with Crippen LogP contribution in [0.2, 0.25) is 0 Å². The summed E-state index contributed by atoms with van der Waals surface area (Å²) >= 11 is 10.9. The Bertz CT molecular complexity index is 436. The number of carbonyl (C=O) groups is 2. The number of benzene rings is 1. The van der Waals surface area contributed by atoms with Crippen LogP contribution in [-0.4, -0.2) is 23.2 Å². The molecule has 0 aliphatic rings. The van der Waals surface area contributed by atoms with E-state index in [2.05, 4.69) is 10.6 Å². The molecule has 2 amide bonds. The quantitative estimate of drug-likeness (QED) is 0.818. The number of carbonyl (C=O) groups excluding carboxylic acids is 2. The van der Waals surface area contributed by atoms with Gasteiger partial charge in [-0.3, -0.25) is 9.59 Å². The molecular formula is C12H14Cl2N2O2. The molecule has 98 valence electrons. The molecule has 0 saturated carbocycles. The van der Waals surface area contributed by atoms with E-state index in [-0.39, 0.29) is 5.91 Å². The van der Waals surface area contributed by atoms with E-state index in [4.69, 9.17) is 23.2 Å². The van der Waals surface area contributed by atoms with Crippen molar-refractivity contribution in [3.05, 3.63) is 29.8 Å². The third-order valence-electron chi connectivity index (χ3n) is 2.16. The number of hydrogen-bond acceptors (Lipinski definition) is 2. The third-order valence-corrected chi connectivity index (χ3v) is 2.56. The van der Waals surface area contributed by atoms with E-state index in [1.54, 1.807) is 24.3 Å². The second-order valence-electron chi connectivity index (χ2n) is 3.59. The highest BCUT2D eigenvalue weighted by atomic mass is 35.5. The second kappa shape index (κ2) is 7.24. The predicted octanol–water partition coefficient (Wildman–Crippen LogP) is 2.57. The number of anilines is 1. The van der Waals surface area contributed by atoms with Crippen LogP contribution < -0.4 is 10.6 Å². The SMILES string of the molecule is CCCNC(=O)c1ccccc1NC(=O)C(Cl)Cl. The summed E-state index contributed by atoms with van der Waals surface area (Å²) in [7, 11) is 0. The van der Waals surface area contributed by atoms with Crippen molar-refractivity contribution in [1.82, 2.24) is 5.32 Å². The minimum atomic E-state index is -1.17. The smallest absolute Gasteiger partial charge is 0.257 e. The van der Waals surface area contributed by atoms with Crippen LogP contribution in [0.3, 0.4) is 0 Å². The molecule has 0 atom stereocenters. The fraction of sp³-hybridized carbons (Fsp3) is 0.333. The molecule has 0 radical (unpaired) electrons. The molecule has 0 aromatic heterocycles. The molecule has 2 N–H and O–H groups in total. The summed E-state index contributed by atoms with van der Waals surface area (Å²) in [4.78, 5) is 22.1. The summed E-state index contributed by atoms with van der Waals surface area (Å²) in [6.45, 7) is 2.54. The van der Waals surface area contributed by atoms with Crippen LogP contribution in [0.1, 0.15) is 23.7 Å². The summed E-state index contributed by atoms with van der Waals surface area (Å²) in [5, 5.41) is 5.24. The van der Waals surface area contributed by atoms with Gasteiger partial charge in [-0.1, -0.05) is 42.3 Å². The Kier molecular flexibility index (Phi) is 5.95. The van der Waals surface area contributed by atoms with E-state index in [9.17, 15) is 9.59 Å². The summed E-state index contributed by atoms with van der Waals surface area (Å²) in [5.74, 6) is -0.803. The van der Waals surface area contributed by atoms with E-state index in [0.717, 1.165) is 6.42 Å². The Morgan fingerprint density at radius 1 is 1.28 bits per heavy atom. The van der Waals surface area contributed by atoms with Gasteiger partial charge < -0.3 is 10.6 Å². The molecule has 0 saturated heterocycles. The first kappa shape index (κ1) is 14.8. The van der Waals surface area contributed by atoms with Crippen molar-refractivity contribution in [3.63, 3.8) is 0 Å². The van der Waals surface area contributed by atoms with Crippen molar-refractivity contribution in [2.75, 3.05) is 11.9 Å². The van der Waals surface area contributed by atoms with Gasteiger partial charge in [0, 0.05) is 6.54 Å². The average Bonchev–Trinajstić information content (AvgIpc) is 2.36. The van der Waals surface area contributed by atoms with Crippen molar-refractivity contribution in [1.29, 1.82) is 0 Å². The fourth-order valence-electron chi connectivity index (χ4n) is 1.31. The van der Waals surface area contributed by atoms with E-state index in [1.807, 2.05) is 6.92 Å². The first-order valence-electron chi connectivity index (χ1n) is 5.52. The minimum absolute atomic E-state index is 0.242. The summed E-state index contributed by atoms with van der Waals surface area (Å²) in [6, 6.07) is 6.67. The molecular weight excluding hydrogens is 275 g/mol. The van der Waals surface area contributed by atoms with Gasteiger partial charge in [-0.15, -0.1) is 0 Å². The monoisotopic (exact) mass is 288 g/mol. The molecule has 1 aromatic rings. The van der Waals surface area contributed by atoms with Crippen LogP contribution in [-0.2, 0) is 4.79 Å². The van der Waals surface area contributed by atoms with Gasteiger partial charge in [0.1, 0.15) is 0 Å². The molecule has 4 nitrogen and oxygen atoms in total. The summed E-state index contributed by atoms with van der Waals surface area (Å²) < 4.78 is 0. The number of halogens is 2. The second-order valence-corrected chi connectivity index (χ2v) is 4.69. The minimum Gasteiger partial charge on any atom is -0.352 e. The molecule has 0 aliphatic heterocycles. The van der Waals surface area contributed by atoms with Gasteiger partial charge in [0.15, 0.2) is 4.84 Å². The third kappa shape index (κ3) is 4.20. The Morgan fingerprint density at radius 3 is 2.56 bits per heavy atom. The molecule has 18 heavy (non-hydrogen) atoms. The maximum Gasteiger partial charge on any atom is 0.257 e. The lowest BCUT2D eigenvalue weighted by atomic mass is 10.1. The zero-order chi connectivity index (χ0) is 13.5. The maximum atomic E-state index is 11.8. The molecule has 1 rings (SSSR count).